The quantitative estimate of drug-likeness (QED) is 0.802. The minimum atomic E-state index is 0.286. The van der Waals surface area contributed by atoms with E-state index in [9.17, 15) is 0 Å². The summed E-state index contributed by atoms with van der Waals surface area (Å²) < 4.78 is 0. The van der Waals surface area contributed by atoms with Gasteiger partial charge in [-0.2, -0.15) is 5.10 Å². The highest BCUT2D eigenvalue weighted by Gasteiger charge is 2.74. The van der Waals surface area contributed by atoms with Crippen molar-refractivity contribution in [3.05, 3.63) is 30.0 Å². The molecule has 1 atom stereocenters. The maximum Gasteiger partial charge on any atom is 0.0653 e. The molecule has 1 spiro atoms. The second kappa shape index (κ2) is 2.78. The van der Waals surface area contributed by atoms with Gasteiger partial charge in [-0.15, -0.1) is 0 Å². The highest BCUT2D eigenvalue weighted by atomic mass is 15.1. The first kappa shape index (κ1) is 9.40. The Bertz CT molecular complexity index is 609. The Hall–Kier alpha value is -1.64. The minimum absolute atomic E-state index is 0.286. The van der Waals surface area contributed by atoms with Gasteiger partial charge in [-0.1, -0.05) is 12.1 Å². The van der Waals surface area contributed by atoms with Crippen molar-refractivity contribution in [1.29, 1.82) is 0 Å². The molecular weight excluding hydrogens is 210 g/mol. The van der Waals surface area contributed by atoms with Crippen LogP contribution in [-0.2, 0) is 5.41 Å². The lowest BCUT2D eigenvalue weighted by molar-refractivity contribution is 0.612. The number of aliphatic imine (C=N–C) groups is 1. The fourth-order valence-electron chi connectivity index (χ4n) is 3.49. The fourth-order valence-corrected chi connectivity index (χ4v) is 3.49. The average molecular weight is 225 g/mol. The largest absolute Gasteiger partial charge is 0.300 e. The summed E-state index contributed by atoms with van der Waals surface area (Å²) in [7, 11) is 0. The second-order valence-electron chi connectivity index (χ2n) is 5.59. The van der Waals surface area contributed by atoms with Gasteiger partial charge in [-0.25, -0.2) is 0 Å². The lowest BCUT2D eigenvalue weighted by Gasteiger charge is -2.15. The molecule has 1 N–H and O–H groups in total. The Morgan fingerprint density at radius 1 is 1.41 bits per heavy atom. The van der Waals surface area contributed by atoms with Gasteiger partial charge in [0, 0.05) is 17.3 Å². The van der Waals surface area contributed by atoms with Crippen LogP contribution in [0.5, 0.6) is 0 Å². The molecule has 0 saturated heterocycles. The van der Waals surface area contributed by atoms with Crippen LogP contribution in [0.1, 0.15) is 24.8 Å². The number of fused-ring (bicyclic) bond motifs is 1. The van der Waals surface area contributed by atoms with Crippen LogP contribution >= 0.6 is 0 Å². The topological polar surface area (TPSA) is 41.0 Å². The first-order valence-electron chi connectivity index (χ1n) is 6.16. The average Bonchev–Trinajstić information content (AvgIpc) is 3.18. The van der Waals surface area contributed by atoms with Crippen LogP contribution in [-0.4, -0.2) is 23.5 Å². The predicted octanol–water partition coefficient (Wildman–Crippen LogP) is 2.69. The Morgan fingerprint density at radius 3 is 3.00 bits per heavy atom. The SMILES string of the molecule is C=NC[C@@]1(c2ccc3cn[nH]c3c2)CC12CC2. The van der Waals surface area contributed by atoms with E-state index in [4.69, 9.17) is 0 Å². The summed E-state index contributed by atoms with van der Waals surface area (Å²) in [4.78, 5) is 4.17. The molecule has 0 aliphatic heterocycles. The monoisotopic (exact) mass is 225 g/mol. The van der Waals surface area contributed by atoms with E-state index in [0.717, 1.165) is 12.1 Å². The van der Waals surface area contributed by atoms with Gasteiger partial charge in [0.2, 0.25) is 0 Å². The number of hydrogen-bond acceptors (Lipinski definition) is 2. The summed E-state index contributed by atoms with van der Waals surface area (Å²) in [6, 6.07) is 6.66. The van der Waals surface area contributed by atoms with E-state index in [-0.39, 0.29) is 5.41 Å². The molecule has 0 amide bonds. The molecule has 2 aromatic rings. The normalized spacial score (nSPS) is 28.5. The summed E-state index contributed by atoms with van der Waals surface area (Å²) in [6.45, 7) is 4.55. The lowest BCUT2D eigenvalue weighted by Crippen LogP contribution is -2.14. The third-order valence-corrected chi connectivity index (χ3v) is 4.76. The first-order chi connectivity index (χ1) is 8.30. The van der Waals surface area contributed by atoms with Crippen LogP contribution in [0.25, 0.3) is 10.9 Å². The molecule has 2 aliphatic carbocycles. The molecule has 1 heterocycles. The molecule has 1 aromatic carbocycles. The predicted molar refractivity (Wildman–Crippen MR) is 68.5 cm³/mol. The summed E-state index contributed by atoms with van der Waals surface area (Å²) in [5.41, 5.74) is 3.41. The van der Waals surface area contributed by atoms with Crippen molar-refractivity contribution in [2.24, 2.45) is 10.4 Å². The van der Waals surface area contributed by atoms with E-state index in [1.807, 2.05) is 6.20 Å². The van der Waals surface area contributed by atoms with Crippen LogP contribution in [0, 0.1) is 5.41 Å². The van der Waals surface area contributed by atoms with Crippen molar-refractivity contribution < 1.29 is 0 Å². The minimum Gasteiger partial charge on any atom is -0.300 e. The molecule has 86 valence electrons. The Labute approximate surface area is 99.9 Å². The molecule has 4 rings (SSSR count). The summed E-state index contributed by atoms with van der Waals surface area (Å²) >= 11 is 0. The van der Waals surface area contributed by atoms with Gasteiger partial charge in [0.15, 0.2) is 0 Å². The molecule has 0 bridgehead atoms. The standard InChI is InChI=1S/C14H15N3/c1-15-9-14(8-13(14)4-5-13)11-3-2-10-7-16-17-12(10)6-11/h2-3,6-7H,1,4-5,8-9H2,(H,16,17)/t14-/m1/s1. The van der Waals surface area contributed by atoms with Crippen molar-refractivity contribution in [2.75, 3.05) is 6.54 Å². The van der Waals surface area contributed by atoms with Gasteiger partial charge in [-0.05, 0) is 43.0 Å². The van der Waals surface area contributed by atoms with Gasteiger partial charge in [0.25, 0.3) is 0 Å². The van der Waals surface area contributed by atoms with Gasteiger partial charge in [0.05, 0.1) is 11.7 Å². The summed E-state index contributed by atoms with van der Waals surface area (Å²) in [5, 5.41) is 8.32. The number of H-pyrrole nitrogens is 1. The van der Waals surface area contributed by atoms with Crippen molar-refractivity contribution in [3.8, 4) is 0 Å². The number of aromatic nitrogens is 2. The van der Waals surface area contributed by atoms with E-state index in [1.54, 1.807) is 0 Å². The zero-order valence-corrected chi connectivity index (χ0v) is 9.74. The van der Waals surface area contributed by atoms with Gasteiger partial charge < -0.3 is 0 Å². The molecule has 2 fully saturated rings. The van der Waals surface area contributed by atoms with Crippen LogP contribution in [0.4, 0.5) is 0 Å². The fraction of sp³-hybridized carbons (Fsp3) is 0.429. The highest BCUT2D eigenvalue weighted by molar-refractivity contribution is 5.79. The molecule has 1 aromatic heterocycles. The third kappa shape index (κ3) is 1.07. The smallest absolute Gasteiger partial charge is 0.0653 e. The Morgan fingerprint density at radius 2 is 2.29 bits per heavy atom. The Kier molecular flexibility index (Phi) is 1.54. The number of hydrogen-bond donors (Lipinski definition) is 1. The van der Waals surface area contributed by atoms with E-state index < -0.39 is 0 Å². The molecule has 3 nitrogen and oxygen atoms in total. The number of aromatic amines is 1. The molecule has 3 heteroatoms. The van der Waals surface area contributed by atoms with Gasteiger partial charge >= 0.3 is 0 Å². The van der Waals surface area contributed by atoms with Crippen molar-refractivity contribution >= 4 is 17.6 Å². The zero-order valence-electron chi connectivity index (χ0n) is 9.74. The molecule has 2 saturated carbocycles. The lowest BCUT2D eigenvalue weighted by atomic mass is 9.91. The van der Waals surface area contributed by atoms with Crippen LogP contribution in [0.2, 0.25) is 0 Å². The van der Waals surface area contributed by atoms with E-state index in [1.165, 1.54) is 30.2 Å². The highest BCUT2D eigenvalue weighted by Crippen LogP contribution is 2.78. The van der Waals surface area contributed by atoms with Gasteiger partial charge in [-0.3, -0.25) is 10.1 Å². The molecule has 0 unspecified atom stereocenters. The number of rotatable bonds is 3. The van der Waals surface area contributed by atoms with E-state index >= 15 is 0 Å². The molecular formula is C14H15N3. The number of benzene rings is 1. The van der Waals surface area contributed by atoms with Crippen molar-refractivity contribution in [2.45, 2.75) is 24.7 Å². The maximum absolute atomic E-state index is 4.17. The van der Waals surface area contributed by atoms with Crippen LogP contribution in [0.3, 0.4) is 0 Å². The van der Waals surface area contributed by atoms with Crippen molar-refractivity contribution in [3.63, 3.8) is 0 Å². The zero-order chi connectivity index (χ0) is 11.5. The third-order valence-electron chi connectivity index (χ3n) is 4.76. The van der Waals surface area contributed by atoms with Crippen molar-refractivity contribution in [1.82, 2.24) is 10.2 Å². The molecule has 0 radical (unpaired) electrons. The van der Waals surface area contributed by atoms with Gasteiger partial charge in [0.1, 0.15) is 0 Å². The molecule has 2 aliphatic rings. The number of nitrogens with zero attached hydrogens (tertiary/aromatic N) is 2. The Balaban J connectivity index is 1.84. The summed E-state index contributed by atoms with van der Waals surface area (Å²) in [6.07, 6.45) is 5.89. The van der Waals surface area contributed by atoms with E-state index in [0.29, 0.717) is 5.41 Å². The van der Waals surface area contributed by atoms with E-state index in [2.05, 4.69) is 40.1 Å². The number of nitrogens with one attached hydrogen (secondary N) is 1. The first-order valence-corrected chi connectivity index (χ1v) is 6.16. The van der Waals surface area contributed by atoms with Crippen LogP contribution in [0.15, 0.2) is 29.4 Å². The van der Waals surface area contributed by atoms with Crippen LogP contribution < -0.4 is 0 Å². The summed E-state index contributed by atoms with van der Waals surface area (Å²) in [5.74, 6) is 0. The second-order valence-corrected chi connectivity index (χ2v) is 5.59. The maximum atomic E-state index is 4.17. The molecule has 17 heavy (non-hydrogen) atoms.